The first-order valence-electron chi connectivity index (χ1n) is 10.4. The van der Waals surface area contributed by atoms with Gasteiger partial charge in [0.25, 0.3) is 0 Å². The molecule has 30 heavy (non-hydrogen) atoms. The maximum Gasteiger partial charge on any atom is 0.165 e. The Hall–Kier alpha value is -1.89. The van der Waals surface area contributed by atoms with Crippen LogP contribution >= 0.6 is 0 Å². The van der Waals surface area contributed by atoms with Gasteiger partial charge in [-0.2, -0.15) is 0 Å². The van der Waals surface area contributed by atoms with E-state index in [4.69, 9.17) is 29.4 Å². The van der Waals surface area contributed by atoms with Crippen molar-refractivity contribution in [3.63, 3.8) is 0 Å². The van der Waals surface area contributed by atoms with Gasteiger partial charge in [0.15, 0.2) is 11.5 Å². The zero-order valence-electron chi connectivity index (χ0n) is 17.4. The number of nitrogen functional groups attached to an aromatic ring is 1. The van der Waals surface area contributed by atoms with Crippen LogP contribution in [0.5, 0.6) is 0 Å². The maximum atomic E-state index is 5.87. The fourth-order valence-corrected chi connectivity index (χ4v) is 3.02. The molecule has 0 atom stereocenters. The number of fused-ring (bicyclic) bond motifs is 1. The minimum Gasteiger partial charge on any atom is -0.382 e. The highest BCUT2D eigenvalue weighted by molar-refractivity contribution is 5.81. The number of hydrogen-bond donors (Lipinski definition) is 1. The van der Waals surface area contributed by atoms with E-state index >= 15 is 0 Å². The van der Waals surface area contributed by atoms with Crippen LogP contribution in [0.25, 0.3) is 11.2 Å². The lowest BCUT2D eigenvalue weighted by atomic mass is 10.4. The SMILES string of the molecule is Nc1ncnc2c1ncn2CCN1CCOCCOCCOCCOCCOCC1. The third-order valence-electron chi connectivity index (χ3n) is 4.68. The summed E-state index contributed by atoms with van der Waals surface area (Å²) in [5.74, 6) is 0.396. The van der Waals surface area contributed by atoms with Gasteiger partial charge >= 0.3 is 0 Å². The number of nitrogens with zero attached hydrogens (tertiary/aromatic N) is 5. The van der Waals surface area contributed by atoms with E-state index in [9.17, 15) is 0 Å². The van der Waals surface area contributed by atoms with Crippen LogP contribution in [0.15, 0.2) is 12.7 Å². The van der Waals surface area contributed by atoms with Gasteiger partial charge in [-0.3, -0.25) is 4.90 Å². The molecule has 1 aliphatic heterocycles. The lowest BCUT2D eigenvalue weighted by Gasteiger charge is -2.22. The van der Waals surface area contributed by atoms with E-state index in [1.165, 1.54) is 6.33 Å². The van der Waals surface area contributed by atoms with Crippen LogP contribution in [0, 0.1) is 0 Å². The van der Waals surface area contributed by atoms with E-state index in [0.717, 1.165) is 31.8 Å². The van der Waals surface area contributed by atoms with Crippen molar-refractivity contribution in [2.45, 2.75) is 6.54 Å². The molecule has 2 aromatic heterocycles. The predicted octanol–water partition coefficient (Wildman–Crippen LogP) is -0.193. The molecular formula is C19H32N6O5. The first-order valence-corrected chi connectivity index (χ1v) is 10.4. The lowest BCUT2D eigenvalue weighted by Crippen LogP contribution is -2.34. The molecule has 2 aromatic rings. The number of hydrogen-bond acceptors (Lipinski definition) is 10. The van der Waals surface area contributed by atoms with E-state index in [-0.39, 0.29) is 0 Å². The van der Waals surface area contributed by atoms with Crippen molar-refractivity contribution in [2.75, 3.05) is 91.4 Å². The Labute approximate surface area is 176 Å². The molecule has 1 fully saturated rings. The monoisotopic (exact) mass is 424 g/mol. The minimum atomic E-state index is 0.396. The average Bonchev–Trinajstić information content (AvgIpc) is 3.17. The van der Waals surface area contributed by atoms with Gasteiger partial charge in [0.05, 0.1) is 72.4 Å². The first kappa shape index (κ1) is 22.8. The fraction of sp³-hybridized carbons (Fsp3) is 0.737. The summed E-state index contributed by atoms with van der Waals surface area (Å²) in [4.78, 5) is 14.9. The molecule has 0 saturated carbocycles. The molecule has 0 spiro atoms. The van der Waals surface area contributed by atoms with Gasteiger partial charge in [0, 0.05) is 26.2 Å². The second-order valence-corrected chi connectivity index (χ2v) is 6.77. The summed E-state index contributed by atoms with van der Waals surface area (Å²) in [6, 6.07) is 0. The molecule has 3 heterocycles. The van der Waals surface area contributed by atoms with Gasteiger partial charge < -0.3 is 34.0 Å². The Bertz CT molecular complexity index is 713. The van der Waals surface area contributed by atoms with Crippen molar-refractivity contribution in [3.8, 4) is 0 Å². The van der Waals surface area contributed by atoms with Gasteiger partial charge in [-0.15, -0.1) is 0 Å². The average molecular weight is 425 g/mol. The zero-order valence-corrected chi connectivity index (χ0v) is 17.4. The molecule has 3 rings (SSSR count). The summed E-state index contributed by atoms with van der Waals surface area (Å²) in [6.45, 7) is 8.90. The third-order valence-corrected chi connectivity index (χ3v) is 4.68. The van der Waals surface area contributed by atoms with Crippen LogP contribution in [0.2, 0.25) is 0 Å². The standard InChI is InChI=1S/C19H32N6O5/c20-18-17-19(22-15-21-18)25(16-23-17)2-1-24-3-5-26-7-9-28-11-13-30-14-12-29-10-8-27-6-4-24/h15-16H,1-14H2,(H2,20,21,22). The van der Waals surface area contributed by atoms with Gasteiger partial charge in [0.1, 0.15) is 11.8 Å². The highest BCUT2D eigenvalue weighted by Gasteiger charge is 2.10. The summed E-state index contributed by atoms with van der Waals surface area (Å²) in [5.41, 5.74) is 7.25. The Morgan fingerprint density at radius 2 is 1.23 bits per heavy atom. The molecule has 0 bridgehead atoms. The minimum absolute atomic E-state index is 0.396. The van der Waals surface area contributed by atoms with Crippen LogP contribution < -0.4 is 5.73 Å². The highest BCUT2D eigenvalue weighted by Crippen LogP contribution is 2.13. The molecule has 11 heteroatoms. The Balaban J connectivity index is 1.48. The van der Waals surface area contributed by atoms with Crippen molar-refractivity contribution >= 4 is 17.0 Å². The van der Waals surface area contributed by atoms with Crippen molar-refractivity contribution in [1.82, 2.24) is 24.4 Å². The predicted molar refractivity (Wildman–Crippen MR) is 110 cm³/mol. The highest BCUT2D eigenvalue weighted by atomic mass is 16.6. The topological polar surface area (TPSA) is 119 Å². The summed E-state index contributed by atoms with van der Waals surface area (Å²) in [5, 5.41) is 0. The third kappa shape index (κ3) is 7.74. The molecule has 11 nitrogen and oxygen atoms in total. The van der Waals surface area contributed by atoms with Crippen molar-refractivity contribution in [2.24, 2.45) is 0 Å². The Kier molecular flexibility index (Phi) is 10.2. The smallest absolute Gasteiger partial charge is 0.165 e. The molecule has 0 amide bonds. The number of imidazole rings is 1. The second kappa shape index (κ2) is 13.4. The molecule has 1 aliphatic rings. The molecule has 0 aliphatic carbocycles. The number of aromatic nitrogens is 4. The van der Waals surface area contributed by atoms with Crippen LogP contribution in [-0.2, 0) is 30.2 Å². The van der Waals surface area contributed by atoms with Crippen molar-refractivity contribution in [3.05, 3.63) is 12.7 Å². The summed E-state index contributed by atoms with van der Waals surface area (Å²) < 4.78 is 29.8. The molecular weight excluding hydrogens is 392 g/mol. The lowest BCUT2D eigenvalue weighted by molar-refractivity contribution is -0.0186. The summed E-state index contributed by atoms with van der Waals surface area (Å²) >= 11 is 0. The van der Waals surface area contributed by atoms with Gasteiger partial charge in [-0.25, -0.2) is 15.0 Å². The van der Waals surface area contributed by atoms with E-state index < -0.39 is 0 Å². The first-order chi connectivity index (χ1) is 14.8. The van der Waals surface area contributed by atoms with Crippen molar-refractivity contribution in [1.29, 1.82) is 0 Å². The second-order valence-electron chi connectivity index (χ2n) is 6.77. The van der Waals surface area contributed by atoms with Crippen LogP contribution in [0.1, 0.15) is 0 Å². The largest absolute Gasteiger partial charge is 0.382 e. The van der Waals surface area contributed by atoms with Gasteiger partial charge in [0.2, 0.25) is 0 Å². The number of nitrogens with two attached hydrogens (primary N) is 1. The maximum absolute atomic E-state index is 5.87. The molecule has 2 N–H and O–H groups in total. The molecule has 1 saturated heterocycles. The van der Waals surface area contributed by atoms with Gasteiger partial charge in [-0.05, 0) is 0 Å². The fourth-order valence-electron chi connectivity index (χ4n) is 3.02. The van der Waals surface area contributed by atoms with Gasteiger partial charge in [-0.1, -0.05) is 0 Å². The quantitative estimate of drug-likeness (QED) is 0.710. The molecule has 0 unspecified atom stereocenters. The van der Waals surface area contributed by atoms with Crippen LogP contribution in [0.3, 0.4) is 0 Å². The summed E-state index contributed by atoms with van der Waals surface area (Å²) in [7, 11) is 0. The number of rotatable bonds is 3. The van der Waals surface area contributed by atoms with E-state index in [2.05, 4.69) is 19.9 Å². The normalized spacial score (nSPS) is 20.0. The van der Waals surface area contributed by atoms with Crippen molar-refractivity contribution < 1.29 is 23.7 Å². The van der Waals surface area contributed by atoms with E-state index in [0.29, 0.717) is 77.4 Å². The Morgan fingerprint density at radius 3 is 1.80 bits per heavy atom. The van der Waals surface area contributed by atoms with E-state index in [1.807, 2.05) is 4.57 Å². The molecule has 0 radical (unpaired) electrons. The van der Waals surface area contributed by atoms with Crippen LogP contribution in [0.4, 0.5) is 5.82 Å². The van der Waals surface area contributed by atoms with Crippen LogP contribution in [-0.4, -0.2) is 110 Å². The molecule has 0 aromatic carbocycles. The number of ether oxygens (including phenoxy) is 5. The molecule has 168 valence electrons. The Morgan fingerprint density at radius 1 is 0.700 bits per heavy atom. The van der Waals surface area contributed by atoms with E-state index in [1.54, 1.807) is 6.33 Å². The zero-order chi connectivity index (χ0) is 20.9. The number of anilines is 1. The summed E-state index contributed by atoms with van der Waals surface area (Å²) in [6.07, 6.45) is 3.22.